The predicted octanol–water partition coefficient (Wildman–Crippen LogP) is 2.19. The van der Waals surface area contributed by atoms with Crippen molar-refractivity contribution in [3.05, 3.63) is 65.7 Å². The molecular formula is C16H14F2N2O3. The van der Waals surface area contributed by atoms with E-state index in [1.807, 2.05) is 0 Å². The molecule has 120 valence electrons. The molecule has 23 heavy (non-hydrogen) atoms. The fourth-order valence-electron chi connectivity index (χ4n) is 1.69. The zero-order valence-corrected chi connectivity index (χ0v) is 12.2. The zero-order chi connectivity index (χ0) is 16.8. The van der Waals surface area contributed by atoms with E-state index in [0.717, 1.165) is 6.07 Å². The first-order valence-corrected chi connectivity index (χ1v) is 6.73. The summed E-state index contributed by atoms with van der Waals surface area (Å²) in [6.45, 7) is 1.47. The van der Waals surface area contributed by atoms with E-state index in [1.54, 1.807) is 0 Å². The van der Waals surface area contributed by atoms with Gasteiger partial charge in [0.2, 0.25) is 0 Å². The number of carbonyl (C=O) groups excluding carboxylic acids is 2. The molecule has 0 saturated heterocycles. The first-order chi connectivity index (χ1) is 11.0. The second kappa shape index (κ2) is 7.35. The van der Waals surface area contributed by atoms with Crippen LogP contribution < -0.4 is 15.6 Å². The second-order valence-corrected chi connectivity index (χ2v) is 4.67. The summed E-state index contributed by atoms with van der Waals surface area (Å²) in [6, 6.07) is 10.2. The van der Waals surface area contributed by atoms with Gasteiger partial charge in [-0.2, -0.15) is 0 Å². The first-order valence-electron chi connectivity index (χ1n) is 6.73. The van der Waals surface area contributed by atoms with E-state index < -0.39 is 29.6 Å². The average Bonchev–Trinajstić information content (AvgIpc) is 2.54. The Bertz CT molecular complexity index is 705. The summed E-state index contributed by atoms with van der Waals surface area (Å²) < 4.78 is 31.1. The van der Waals surface area contributed by atoms with E-state index in [-0.39, 0.29) is 5.56 Å². The highest BCUT2D eigenvalue weighted by atomic mass is 19.1. The number of carbonyl (C=O) groups is 2. The minimum atomic E-state index is -0.923. The summed E-state index contributed by atoms with van der Waals surface area (Å²) in [5.74, 6) is -1.94. The van der Waals surface area contributed by atoms with Crippen LogP contribution in [0.1, 0.15) is 17.3 Å². The lowest BCUT2D eigenvalue weighted by atomic mass is 10.2. The molecule has 2 N–H and O–H groups in total. The summed E-state index contributed by atoms with van der Waals surface area (Å²) in [5, 5.41) is 0. The van der Waals surface area contributed by atoms with E-state index in [0.29, 0.717) is 5.75 Å². The van der Waals surface area contributed by atoms with Crippen molar-refractivity contribution in [3.63, 3.8) is 0 Å². The maximum absolute atomic E-state index is 13.0. The number of hydrogen-bond acceptors (Lipinski definition) is 3. The molecule has 0 aliphatic heterocycles. The Kier molecular flexibility index (Phi) is 5.24. The quantitative estimate of drug-likeness (QED) is 0.849. The van der Waals surface area contributed by atoms with Crippen LogP contribution in [0.4, 0.5) is 8.78 Å². The summed E-state index contributed by atoms with van der Waals surface area (Å²) in [7, 11) is 0. The number of rotatable bonds is 4. The molecule has 0 aliphatic rings. The predicted molar refractivity (Wildman–Crippen MR) is 78.5 cm³/mol. The minimum Gasteiger partial charge on any atom is -0.481 e. The molecule has 2 aromatic carbocycles. The van der Waals surface area contributed by atoms with Crippen molar-refractivity contribution in [1.82, 2.24) is 10.9 Å². The third kappa shape index (κ3) is 4.77. The Morgan fingerprint density at radius 2 is 1.70 bits per heavy atom. The Morgan fingerprint density at radius 3 is 2.35 bits per heavy atom. The van der Waals surface area contributed by atoms with Crippen molar-refractivity contribution < 1.29 is 23.1 Å². The maximum atomic E-state index is 13.0. The Balaban J connectivity index is 1.86. The van der Waals surface area contributed by atoms with Crippen LogP contribution in [0.25, 0.3) is 0 Å². The third-order valence-corrected chi connectivity index (χ3v) is 2.88. The van der Waals surface area contributed by atoms with Crippen LogP contribution in [0, 0.1) is 11.6 Å². The van der Waals surface area contributed by atoms with Crippen molar-refractivity contribution in [2.24, 2.45) is 0 Å². The number of ether oxygens (including phenoxy) is 1. The van der Waals surface area contributed by atoms with Crippen molar-refractivity contribution in [2.75, 3.05) is 0 Å². The Hall–Kier alpha value is -2.96. The van der Waals surface area contributed by atoms with E-state index >= 15 is 0 Å². The van der Waals surface area contributed by atoms with Crippen LogP contribution in [0.5, 0.6) is 5.75 Å². The van der Waals surface area contributed by atoms with Crippen molar-refractivity contribution in [3.8, 4) is 5.75 Å². The van der Waals surface area contributed by atoms with Crippen LogP contribution in [-0.2, 0) is 4.79 Å². The van der Waals surface area contributed by atoms with Crippen molar-refractivity contribution in [2.45, 2.75) is 13.0 Å². The molecular weight excluding hydrogens is 306 g/mol. The summed E-state index contributed by atoms with van der Waals surface area (Å²) in [5.41, 5.74) is 4.40. The van der Waals surface area contributed by atoms with Gasteiger partial charge < -0.3 is 4.74 Å². The summed E-state index contributed by atoms with van der Waals surface area (Å²) in [6.07, 6.45) is -0.923. The molecule has 0 saturated carbocycles. The lowest BCUT2D eigenvalue weighted by molar-refractivity contribution is -0.128. The van der Waals surface area contributed by atoms with E-state index in [4.69, 9.17) is 4.74 Å². The SMILES string of the molecule is CC(Oc1ccc(F)cc1)C(=O)NNC(=O)c1cccc(F)c1. The minimum absolute atomic E-state index is 0.0670. The number of amides is 2. The van der Waals surface area contributed by atoms with Crippen LogP contribution >= 0.6 is 0 Å². The van der Waals surface area contributed by atoms with Gasteiger partial charge in [0, 0.05) is 5.56 Å². The molecule has 5 nitrogen and oxygen atoms in total. The first kappa shape index (κ1) is 16.4. The van der Waals surface area contributed by atoms with Crippen LogP contribution in [0.3, 0.4) is 0 Å². The maximum Gasteiger partial charge on any atom is 0.279 e. The van der Waals surface area contributed by atoms with Gasteiger partial charge in [0.05, 0.1) is 0 Å². The topological polar surface area (TPSA) is 67.4 Å². The van der Waals surface area contributed by atoms with Gasteiger partial charge in [0.1, 0.15) is 17.4 Å². The highest BCUT2D eigenvalue weighted by molar-refractivity contribution is 5.95. The van der Waals surface area contributed by atoms with Gasteiger partial charge >= 0.3 is 0 Å². The molecule has 2 amide bonds. The molecule has 7 heteroatoms. The standard InChI is InChI=1S/C16H14F2N2O3/c1-10(23-14-7-5-12(17)6-8-14)15(21)19-20-16(22)11-3-2-4-13(18)9-11/h2-10H,1H3,(H,19,21)(H,20,22). The van der Waals surface area contributed by atoms with Gasteiger partial charge in [-0.3, -0.25) is 20.4 Å². The smallest absolute Gasteiger partial charge is 0.279 e. The van der Waals surface area contributed by atoms with E-state index in [9.17, 15) is 18.4 Å². The lowest BCUT2D eigenvalue weighted by Crippen LogP contribution is -2.47. The van der Waals surface area contributed by atoms with Gasteiger partial charge in [0.25, 0.3) is 11.8 Å². The van der Waals surface area contributed by atoms with Crippen molar-refractivity contribution in [1.29, 1.82) is 0 Å². The molecule has 0 aliphatic carbocycles. The van der Waals surface area contributed by atoms with Gasteiger partial charge in [-0.1, -0.05) is 6.07 Å². The monoisotopic (exact) mass is 320 g/mol. The molecule has 0 radical (unpaired) electrons. The van der Waals surface area contributed by atoms with Crippen LogP contribution in [-0.4, -0.2) is 17.9 Å². The molecule has 2 aromatic rings. The molecule has 0 fully saturated rings. The normalized spacial score (nSPS) is 11.4. The van der Waals surface area contributed by atoms with Crippen LogP contribution in [0.2, 0.25) is 0 Å². The van der Waals surface area contributed by atoms with Gasteiger partial charge in [-0.05, 0) is 49.4 Å². The Morgan fingerprint density at radius 1 is 1.00 bits per heavy atom. The third-order valence-electron chi connectivity index (χ3n) is 2.88. The highest BCUT2D eigenvalue weighted by Gasteiger charge is 2.16. The molecule has 1 atom stereocenters. The lowest BCUT2D eigenvalue weighted by Gasteiger charge is -2.15. The molecule has 0 spiro atoms. The van der Waals surface area contributed by atoms with Gasteiger partial charge in [-0.15, -0.1) is 0 Å². The Labute approximate surface area is 131 Å². The summed E-state index contributed by atoms with van der Waals surface area (Å²) in [4.78, 5) is 23.6. The average molecular weight is 320 g/mol. The number of nitrogens with one attached hydrogen (secondary N) is 2. The molecule has 0 heterocycles. The fraction of sp³-hybridized carbons (Fsp3) is 0.125. The largest absolute Gasteiger partial charge is 0.481 e. The number of hydrazine groups is 1. The van der Waals surface area contributed by atoms with Crippen molar-refractivity contribution >= 4 is 11.8 Å². The van der Waals surface area contributed by atoms with E-state index in [2.05, 4.69) is 10.9 Å². The molecule has 2 rings (SSSR count). The van der Waals surface area contributed by atoms with Crippen LogP contribution in [0.15, 0.2) is 48.5 Å². The zero-order valence-electron chi connectivity index (χ0n) is 12.2. The molecule has 0 bridgehead atoms. The number of halogens is 2. The number of hydrogen-bond donors (Lipinski definition) is 2. The second-order valence-electron chi connectivity index (χ2n) is 4.67. The molecule has 0 aromatic heterocycles. The number of benzene rings is 2. The summed E-state index contributed by atoms with van der Waals surface area (Å²) >= 11 is 0. The molecule has 1 unspecified atom stereocenters. The van der Waals surface area contributed by atoms with Gasteiger partial charge in [0.15, 0.2) is 6.10 Å². The fourth-order valence-corrected chi connectivity index (χ4v) is 1.69. The highest BCUT2D eigenvalue weighted by Crippen LogP contribution is 2.12. The van der Waals surface area contributed by atoms with Gasteiger partial charge in [-0.25, -0.2) is 8.78 Å². The van der Waals surface area contributed by atoms with E-state index in [1.165, 1.54) is 49.4 Å².